The number of quaternary nitrogens is 1. The van der Waals surface area contributed by atoms with Crippen LogP contribution in [0, 0.1) is 0 Å². The van der Waals surface area contributed by atoms with E-state index in [-0.39, 0.29) is 37.3 Å². The van der Waals surface area contributed by atoms with E-state index in [9.17, 15) is 27.6 Å². The molecule has 0 spiro atoms. The van der Waals surface area contributed by atoms with Gasteiger partial charge in [-0.3, -0.25) is 14.4 Å². The number of fused-ring (bicyclic) bond motifs is 1. The van der Waals surface area contributed by atoms with Crippen molar-refractivity contribution in [1.29, 1.82) is 0 Å². The molecule has 0 radical (unpaired) electrons. The van der Waals surface area contributed by atoms with Crippen molar-refractivity contribution < 1.29 is 38.3 Å². The molecule has 1 aromatic heterocycles. The number of hydrogen-bond donors (Lipinski definition) is 5. The standard InChI is InChI=1S/C28H32F3N7O3/c29-28(30,31)18-7-5-16(6-8-18)11-24(27(41)36-19-12-17-3-1-2-4-23(17)35-13-19)37-26(40)20(32)9-10-25(39)38-14-21(33)22(34)15-38/h1-8,12-13,20-22,24H,9-11,14-15,32-34H2,(H,36,41)(H,37,40)/p+2/t20-,21-,22-,24+/m0/s1. The van der Waals surface area contributed by atoms with Gasteiger partial charge in [0.2, 0.25) is 23.2 Å². The lowest BCUT2D eigenvalue weighted by Gasteiger charge is -2.21. The molecule has 4 rings (SSSR count). The molecule has 3 amide bonds. The summed E-state index contributed by atoms with van der Waals surface area (Å²) >= 11 is 0. The third kappa shape index (κ3) is 7.78. The lowest BCUT2D eigenvalue weighted by atomic mass is 10.0. The second-order valence-corrected chi connectivity index (χ2v) is 10.3. The molecule has 0 unspecified atom stereocenters. The summed E-state index contributed by atoms with van der Waals surface area (Å²) in [5.41, 5.74) is 16.8. The van der Waals surface area contributed by atoms with Crippen LogP contribution < -0.4 is 32.8 Å². The van der Waals surface area contributed by atoms with E-state index in [4.69, 9.17) is 11.5 Å². The second kappa shape index (κ2) is 12.6. The molecule has 41 heavy (non-hydrogen) atoms. The molecule has 2 aromatic carbocycles. The van der Waals surface area contributed by atoms with Gasteiger partial charge in [-0.2, -0.15) is 13.2 Å². The van der Waals surface area contributed by atoms with Gasteiger partial charge in [0.15, 0.2) is 6.20 Å². The Morgan fingerprint density at radius 3 is 2.44 bits per heavy atom. The summed E-state index contributed by atoms with van der Waals surface area (Å²) in [4.78, 5) is 43.5. The van der Waals surface area contributed by atoms with Crippen LogP contribution in [0.2, 0.25) is 0 Å². The minimum Gasteiger partial charge on any atom is -0.352 e. The molecule has 0 saturated carbocycles. The van der Waals surface area contributed by atoms with Crippen molar-refractivity contribution in [3.63, 3.8) is 0 Å². The van der Waals surface area contributed by atoms with E-state index in [1.807, 2.05) is 24.3 Å². The predicted octanol–water partition coefficient (Wildman–Crippen LogP) is 0.226. The topological polar surface area (TPSA) is 172 Å². The number of carbonyl (C=O) groups is 3. The van der Waals surface area contributed by atoms with Crippen LogP contribution in [0.25, 0.3) is 10.9 Å². The summed E-state index contributed by atoms with van der Waals surface area (Å²) in [6.07, 6.45) is -2.96. The molecule has 1 fully saturated rings. The van der Waals surface area contributed by atoms with E-state index in [1.165, 1.54) is 12.1 Å². The number of H-pyrrole nitrogens is 1. The number of hydrogen-bond acceptors (Lipinski definition) is 5. The van der Waals surface area contributed by atoms with E-state index in [1.54, 1.807) is 17.2 Å². The maximum absolute atomic E-state index is 13.3. The molecule has 10 N–H and O–H groups in total. The zero-order chi connectivity index (χ0) is 29.7. The Kier molecular flexibility index (Phi) is 9.21. The number of rotatable bonds is 9. The maximum Gasteiger partial charge on any atom is 0.416 e. The lowest BCUT2D eigenvalue weighted by molar-refractivity contribution is -0.416. The maximum atomic E-state index is 13.3. The first-order chi connectivity index (χ1) is 19.4. The van der Waals surface area contributed by atoms with Gasteiger partial charge < -0.3 is 32.7 Å². The van der Waals surface area contributed by atoms with Gasteiger partial charge in [0.05, 0.1) is 24.2 Å². The van der Waals surface area contributed by atoms with E-state index in [2.05, 4.69) is 21.4 Å². The Morgan fingerprint density at radius 1 is 1.07 bits per heavy atom. The molecular formula is C28H34F3N7O3+2. The average molecular weight is 574 g/mol. The largest absolute Gasteiger partial charge is 0.416 e. The summed E-state index contributed by atoms with van der Waals surface area (Å²) in [5.74, 6) is -1.44. The molecule has 10 nitrogen and oxygen atoms in total. The van der Waals surface area contributed by atoms with Crippen LogP contribution in [0.15, 0.2) is 60.8 Å². The molecule has 4 atom stereocenters. The Balaban J connectivity index is 1.44. The highest BCUT2D eigenvalue weighted by Crippen LogP contribution is 2.29. The second-order valence-electron chi connectivity index (χ2n) is 10.3. The molecule has 3 aromatic rings. The van der Waals surface area contributed by atoms with Gasteiger partial charge in [-0.15, -0.1) is 0 Å². The Morgan fingerprint density at radius 2 is 1.78 bits per heavy atom. The zero-order valence-corrected chi connectivity index (χ0v) is 22.3. The molecule has 2 heterocycles. The number of para-hydroxylation sites is 1. The number of alkyl halides is 3. The first-order valence-corrected chi connectivity index (χ1v) is 13.2. The Bertz CT molecular complexity index is 1390. The predicted molar refractivity (Wildman–Crippen MR) is 145 cm³/mol. The molecular weight excluding hydrogens is 539 g/mol. The van der Waals surface area contributed by atoms with Gasteiger partial charge in [0, 0.05) is 30.8 Å². The van der Waals surface area contributed by atoms with Crippen LogP contribution in [0.1, 0.15) is 24.0 Å². The number of benzene rings is 2. The van der Waals surface area contributed by atoms with E-state index in [0.29, 0.717) is 24.3 Å². The first kappa shape index (κ1) is 29.9. The van der Waals surface area contributed by atoms with Crippen LogP contribution >= 0.6 is 0 Å². The average Bonchev–Trinajstić information content (AvgIpc) is 3.28. The summed E-state index contributed by atoms with van der Waals surface area (Å²) < 4.78 is 39.0. The summed E-state index contributed by atoms with van der Waals surface area (Å²) in [6, 6.07) is 11.0. The number of nitrogens with two attached hydrogens (primary N) is 2. The normalized spacial score (nSPS) is 18.6. The number of amides is 3. The number of carbonyl (C=O) groups excluding carboxylic acids is 3. The van der Waals surface area contributed by atoms with E-state index in [0.717, 1.165) is 23.0 Å². The van der Waals surface area contributed by atoms with Crippen molar-refractivity contribution in [1.82, 2.24) is 10.2 Å². The molecule has 13 heteroatoms. The SMILES string of the molecule is N[C@@H](CCC(=O)N1C[C@H](N)[C@@H]([NH3+])C1)C(=O)N[C@H](Cc1ccc(C(F)(F)F)cc1)C(=O)Nc1c[nH+]c2ccccc2c1. The highest BCUT2D eigenvalue weighted by atomic mass is 19.4. The molecule has 1 aliphatic rings. The van der Waals surface area contributed by atoms with Crippen molar-refractivity contribution in [2.24, 2.45) is 11.5 Å². The Hall–Kier alpha value is -4.07. The fourth-order valence-electron chi connectivity index (χ4n) is 4.64. The molecule has 1 aliphatic heterocycles. The number of anilines is 1. The summed E-state index contributed by atoms with van der Waals surface area (Å²) in [6.45, 7) is 0.818. The van der Waals surface area contributed by atoms with Crippen LogP contribution in [0.3, 0.4) is 0 Å². The highest BCUT2D eigenvalue weighted by molar-refractivity contribution is 5.98. The summed E-state index contributed by atoms with van der Waals surface area (Å²) in [7, 11) is 0. The van der Waals surface area contributed by atoms with Gasteiger partial charge >= 0.3 is 6.18 Å². The van der Waals surface area contributed by atoms with Gasteiger partial charge in [-0.05, 0) is 36.2 Å². The fourth-order valence-corrected chi connectivity index (χ4v) is 4.64. The molecule has 1 saturated heterocycles. The molecule has 0 bridgehead atoms. The van der Waals surface area contributed by atoms with E-state index < -0.39 is 35.6 Å². The van der Waals surface area contributed by atoms with Gasteiger partial charge in [0.1, 0.15) is 17.8 Å². The zero-order valence-electron chi connectivity index (χ0n) is 22.3. The number of aromatic nitrogens is 1. The number of pyridine rings is 1. The first-order valence-electron chi connectivity index (χ1n) is 13.2. The molecule has 218 valence electrons. The number of nitrogens with one attached hydrogen (secondary N) is 3. The van der Waals surface area contributed by atoms with Gasteiger partial charge in [0.25, 0.3) is 0 Å². The number of aromatic amines is 1. The number of likely N-dealkylation sites (tertiary alicyclic amines) is 1. The van der Waals surface area contributed by atoms with Gasteiger partial charge in [-0.25, -0.2) is 4.98 Å². The number of nitrogens with zero attached hydrogens (tertiary/aromatic N) is 1. The minimum atomic E-state index is -4.50. The summed E-state index contributed by atoms with van der Waals surface area (Å²) in [5, 5.41) is 6.19. The van der Waals surface area contributed by atoms with Crippen molar-refractivity contribution in [3.05, 3.63) is 71.9 Å². The minimum absolute atomic E-state index is 0.0106. The lowest BCUT2D eigenvalue weighted by Crippen LogP contribution is -2.68. The smallest absolute Gasteiger partial charge is 0.352 e. The van der Waals surface area contributed by atoms with Crippen molar-refractivity contribution >= 4 is 34.3 Å². The van der Waals surface area contributed by atoms with Crippen LogP contribution in [0.5, 0.6) is 0 Å². The third-order valence-corrected chi connectivity index (χ3v) is 7.13. The van der Waals surface area contributed by atoms with Crippen molar-refractivity contribution in [3.8, 4) is 0 Å². The monoisotopic (exact) mass is 573 g/mol. The van der Waals surface area contributed by atoms with Crippen LogP contribution in [0.4, 0.5) is 18.9 Å². The van der Waals surface area contributed by atoms with Gasteiger partial charge in [-0.1, -0.05) is 24.3 Å². The third-order valence-electron chi connectivity index (χ3n) is 7.13. The molecule has 0 aliphatic carbocycles. The van der Waals surface area contributed by atoms with Crippen molar-refractivity contribution in [2.75, 3.05) is 18.4 Å². The van der Waals surface area contributed by atoms with E-state index >= 15 is 0 Å². The number of halogens is 3. The van der Waals surface area contributed by atoms with Crippen LogP contribution in [-0.2, 0) is 27.0 Å². The highest BCUT2D eigenvalue weighted by Gasteiger charge is 2.34. The Labute approximate surface area is 234 Å². The van der Waals surface area contributed by atoms with Crippen LogP contribution in [-0.4, -0.2) is 59.9 Å². The fraction of sp³-hybridized carbons (Fsp3) is 0.357. The van der Waals surface area contributed by atoms with Crippen molar-refractivity contribution in [2.45, 2.75) is 49.6 Å². The quantitative estimate of drug-likeness (QED) is 0.246.